The average Bonchev–Trinajstić information content (AvgIpc) is 2.97. The van der Waals surface area contributed by atoms with E-state index in [2.05, 4.69) is 32.9 Å². The highest BCUT2D eigenvalue weighted by Crippen LogP contribution is 2.65. The number of esters is 1. The third-order valence-corrected chi connectivity index (χ3v) is 5.74. The van der Waals surface area contributed by atoms with Crippen LogP contribution in [0.5, 0.6) is 0 Å². The van der Waals surface area contributed by atoms with Gasteiger partial charge in [-0.3, -0.25) is 9.59 Å². The molecule has 23 heavy (non-hydrogen) atoms. The van der Waals surface area contributed by atoms with E-state index in [0.29, 0.717) is 18.1 Å². The van der Waals surface area contributed by atoms with Gasteiger partial charge in [-0.1, -0.05) is 29.4 Å². The SMILES string of the molecule is CC(C)=CCCC(C)=CC1CC12COC(=O)C1C(C=O)=CCC12. The lowest BCUT2D eigenvalue weighted by molar-refractivity contribution is -0.160. The first kappa shape index (κ1) is 16.2. The van der Waals surface area contributed by atoms with Crippen LogP contribution in [-0.2, 0) is 14.3 Å². The van der Waals surface area contributed by atoms with E-state index in [0.717, 1.165) is 32.0 Å². The molecule has 1 heterocycles. The number of aldehydes is 1. The van der Waals surface area contributed by atoms with Gasteiger partial charge in [0.1, 0.15) is 6.29 Å². The summed E-state index contributed by atoms with van der Waals surface area (Å²) in [4.78, 5) is 23.2. The van der Waals surface area contributed by atoms with E-state index in [1.54, 1.807) is 0 Å². The van der Waals surface area contributed by atoms with Gasteiger partial charge in [-0.25, -0.2) is 0 Å². The maximum Gasteiger partial charge on any atom is 0.313 e. The van der Waals surface area contributed by atoms with Crippen molar-refractivity contribution in [3.05, 3.63) is 34.9 Å². The summed E-state index contributed by atoms with van der Waals surface area (Å²) >= 11 is 0. The van der Waals surface area contributed by atoms with Crippen molar-refractivity contribution in [2.75, 3.05) is 6.61 Å². The van der Waals surface area contributed by atoms with Crippen molar-refractivity contribution in [3.63, 3.8) is 0 Å². The Bertz CT molecular complexity index is 606. The number of rotatable bonds is 5. The second-order valence-electron chi connectivity index (χ2n) is 7.63. The van der Waals surface area contributed by atoms with Gasteiger partial charge in [-0.2, -0.15) is 0 Å². The summed E-state index contributed by atoms with van der Waals surface area (Å²) < 4.78 is 5.45. The second kappa shape index (κ2) is 6.10. The second-order valence-corrected chi connectivity index (χ2v) is 7.63. The molecule has 1 spiro atoms. The van der Waals surface area contributed by atoms with E-state index in [1.165, 1.54) is 11.1 Å². The van der Waals surface area contributed by atoms with Crippen LogP contribution < -0.4 is 0 Å². The van der Waals surface area contributed by atoms with Crippen LogP contribution in [0.2, 0.25) is 0 Å². The number of fused-ring (bicyclic) bond motifs is 2. The van der Waals surface area contributed by atoms with E-state index in [4.69, 9.17) is 4.74 Å². The fourth-order valence-corrected chi connectivity index (χ4v) is 4.33. The zero-order valence-electron chi connectivity index (χ0n) is 14.3. The van der Waals surface area contributed by atoms with Crippen molar-refractivity contribution >= 4 is 12.3 Å². The van der Waals surface area contributed by atoms with Gasteiger partial charge < -0.3 is 4.74 Å². The Morgan fingerprint density at radius 3 is 2.87 bits per heavy atom. The van der Waals surface area contributed by atoms with Gasteiger partial charge in [-0.05, 0) is 58.3 Å². The summed E-state index contributed by atoms with van der Waals surface area (Å²) in [5, 5.41) is 0. The molecule has 4 unspecified atom stereocenters. The molecule has 3 nitrogen and oxygen atoms in total. The molecule has 0 aromatic heterocycles. The standard InChI is InChI=1S/C20H26O3/c1-13(2)5-4-6-14(3)9-16-10-20(16)12-23-19(22)18-15(11-21)7-8-17(18)20/h5,7,9,11,16-18H,4,6,8,10,12H2,1-3H3. The summed E-state index contributed by atoms with van der Waals surface area (Å²) in [6.07, 6.45) is 11.5. The third-order valence-electron chi connectivity index (χ3n) is 5.74. The minimum absolute atomic E-state index is 0.0810. The van der Waals surface area contributed by atoms with Crippen LogP contribution >= 0.6 is 0 Å². The summed E-state index contributed by atoms with van der Waals surface area (Å²) in [6.45, 7) is 6.97. The fraction of sp³-hybridized carbons (Fsp3) is 0.600. The van der Waals surface area contributed by atoms with Crippen LogP contribution in [0.15, 0.2) is 34.9 Å². The van der Waals surface area contributed by atoms with Crippen LogP contribution in [0.25, 0.3) is 0 Å². The maximum atomic E-state index is 12.1. The lowest BCUT2D eigenvalue weighted by Crippen LogP contribution is -2.40. The van der Waals surface area contributed by atoms with Crippen molar-refractivity contribution in [3.8, 4) is 0 Å². The van der Waals surface area contributed by atoms with Crippen molar-refractivity contribution < 1.29 is 14.3 Å². The molecule has 3 heteroatoms. The first-order valence-electron chi connectivity index (χ1n) is 8.60. The van der Waals surface area contributed by atoms with Crippen molar-refractivity contribution in [1.82, 2.24) is 0 Å². The molecular weight excluding hydrogens is 288 g/mol. The first-order valence-corrected chi connectivity index (χ1v) is 8.60. The maximum absolute atomic E-state index is 12.1. The Morgan fingerprint density at radius 1 is 1.39 bits per heavy atom. The molecule has 0 aromatic carbocycles. The van der Waals surface area contributed by atoms with E-state index >= 15 is 0 Å². The normalized spacial score (nSPS) is 35.4. The topological polar surface area (TPSA) is 43.4 Å². The van der Waals surface area contributed by atoms with E-state index in [1.807, 2.05) is 6.08 Å². The quantitative estimate of drug-likeness (QED) is 0.437. The van der Waals surface area contributed by atoms with Crippen molar-refractivity contribution in [1.29, 1.82) is 0 Å². The molecule has 2 fully saturated rings. The number of hydrogen-bond donors (Lipinski definition) is 0. The number of carbonyl (C=O) groups excluding carboxylic acids is 2. The summed E-state index contributed by atoms with van der Waals surface area (Å²) in [5.74, 6) is 0.238. The Morgan fingerprint density at radius 2 is 2.17 bits per heavy atom. The monoisotopic (exact) mass is 314 g/mol. The Kier molecular flexibility index (Phi) is 4.31. The Labute approximate surface area is 138 Å². The average molecular weight is 314 g/mol. The van der Waals surface area contributed by atoms with Crippen molar-refractivity contribution in [2.24, 2.45) is 23.2 Å². The highest BCUT2D eigenvalue weighted by Gasteiger charge is 2.65. The van der Waals surface area contributed by atoms with E-state index < -0.39 is 0 Å². The number of ether oxygens (including phenoxy) is 1. The summed E-state index contributed by atoms with van der Waals surface area (Å²) in [5.41, 5.74) is 3.49. The molecule has 1 saturated heterocycles. The van der Waals surface area contributed by atoms with Gasteiger partial charge >= 0.3 is 5.97 Å². The van der Waals surface area contributed by atoms with Gasteiger partial charge in [0.05, 0.1) is 12.5 Å². The summed E-state index contributed by atoms with van der Waals surface area (Å²) in [6, 6.07) is 0. The van der Waals surface area contributed by atoms with Gasteiger partial charge in [0.2, 0.25) is 0 Å². The number of carbonyl (C=O) groups is 2. The molecule has 0 amide bonds. The largest absolute Gasteiger partial charge is 0.465 e. The predicted molar refractivity (Wildman–Crippen MR) is 89.7 cm³/mol. The molecule has 1 saturated carbocycles. The van der Waals surface area contributed by atoms with Crippen LogP contribution in [-0.4, -0.2) is 18.9 Å². The number of cyclic esters (lactones) is 1. The summed E-state index contributed by atoms with van der Waals surface area (Å²) in [7, 11) is 0. The van der Waals surface area contributed by atoms with Gasteiger partial charge in [0.15, 0.2) is 0 Å². The molecule has 3 aliphatic rings. The van der Waals surface area contributed by atoms with Crippen LogP contribution in [0.3, 0.4) is 0 Å². The minimum atomic E-state index is -0.314. The molecule has 4 atom stereocenters. The zero-order valence-corrected chi connectivity index (χ0v) is 14.3. The third kappa shape index (κ3) is 2.93. The Balaban J connectivity index is 1.67. The smallest absolute Gasteiger partial charge is 0.313 e. The predicted octanol–water partition coefficient (Wildman–Crippen LogP) is 4.00. The molecule has 0 aromatic rings. The number of allylic oxidation sites excluding steroid dienone is 5. The highest BCUT2D eigenvalue weighted by atomic mass is 16.5. The number of hydrogen-bond acceptors (Lipinski definition) is 3. The molecule has 1 aliphatic heterocycles. The minimum Gasteiger partial charge on any atom is -0.465 e. The van der Waals surface area contributed by atoms with Crippen LogP contribution in [0.1, 0.15) is 46.5 Å². The van der Waals surface area contributed by atoms with E-state index in [-0.39, 0.29) is 23.2 Å². The van der Waals surface area contributed by atoms with E-state index in [9.17, 15) is 9.59 Å². The molecule has 3 rings (SSSR count). The van der Waals surface area contributed by atoms with Gasteiger partial charge in [-0.15, -0.1) is 0 Å². The van der Waals surface area contributed by atoms with Crippen LogP contribution in [0.4, 0.5) is 0 Å². The van der Waals surface area contributed by atoms with Gasteiger partial charge in [0, 0.05) is 11.0 Å². The van der Waals surface area contributed by atoms with Gasteiger partial charge in [0.25, 0.3) is 0 Å². The molecule has 0 bridgehead atoms. The molecule has 2 aliphatic carbocycles. The first-order chi connectivity index (χ1) is 11.0. The van der Waals surface area contributed by atoms with Crippen LogP contribution in [0, 0.1) is 23.2 Å². The molecule has 0 radical (unpaired) electrons. The lowest BCUT2D eigenvalue weighted by atomic mass is 9.75. The highest BCUT2D eigenvalue weighted by molar-refractivity contribution is 5.89. The lowest BCUT2D eigenvalue weighted by Gasteiger charge is -2.34. The zero-order chi connectivity index (χ0) is 16.6. The molecule has 124 valence electrons. The molecular formula is C20H26O3. The fourth-order valence-electron chi connectivity index (χ4n) is 4.33. The Hall–Kier alpha value is -1.64. The van der Waals surface area contributed by atoms with Crippen molar-refractivity contribution in [2.45, 2.75) is 46.5 Å². The molecule has 0 N–H and O–H groups in total.